The zero-order chi connectivity index (χ0) is 17.8. The summed E-state index contributed by atoms with van der Waals surface area (Å²) in [6.45, 7) is -0.334. The van der Waals surface area contributed by atoms with Crippen molar-refractivity contribution in [2.24, 2.45) is 23.2 Å². The van der Waals surface area contributed by atoms with Crippen molar-refractivity contribution in [1.82, 2.24) is 0 Å². The van der Waals surface area contributed by atoms with E-state index in [2.05, 4.69) is 4.74 Å². The van der Waals surface area contributed by atoms with E-state index in [4.69, 9.17) is 4.55 Å². The van der Waals surface area contributed by atoms with Crippen LogP contribution in [0.4, 0.5) is 8.78 Å². The lowest BCUT2D eigenvalue weighted by Crippen LogP contribution is -2.51. The lowest BCUT2D eigenvalue weighted by atomic mass is 9.48. The van der Waals surface area contributed by atoms with Crippen molar-refractivity contribution in [3.63, 3.8) is 0 Å². The highest BCUT2D eigenvalue weighted by Gasteiger charge is 2.55. The molecular weight excluding hydrogens is 346 g/mol. The van der Waals surface area contributed by atoms with Crippen molar-refractivity contribution in [1.29, 1.82) is 0 Å². The first-order valence-electron chi connectivity index (χ1n) is 8.10. The Kier molecular flexibility index (Phi) is 4.23. The summed E-state index contributed by atoms with van der Waals surface area (Å²) in [7, 11) is -5.83. The number of Topliss-reactive ketones (excluding diaryl/α,β-unsaturated/α-hetero) is 1. The largest absolute Gasteiger partial charge is 0.465 e. The summed E-state index contributed by atoms with van der Waals surface area (Å²) < 4.78 is 59.7. The van der Waals surface area contributed by atoms with Gasteiger partial charge in [-0.15, -0.1) is 0 Å². The minimum Gasteiger partial charge on any atom is -0.460 e. The number of alkyl halides is 2. The molecule has 4 bridgehead atoms. The maximum Gasteiger partial charge on any atom is 0.465 e. The molecule has 0 radical (unpaired) electrons. The molecule has 6 nitrogen and oxygen atoms in total. The Morgan fingerprint density at radius 3 is 2.38 bits per heavy atom. The standard InChI is InChI=1S/C15H20F2O6S/c16-15(17,24(20,21)22)13(19)23-3-1-2-14-6-9-4-10(7-14)12(18)11(5-9)8-14/h9-11H,1-8H2,(H,20,21,22). The number of halogens is 2. The van der Waals surface area contributed by atoms with Gasteiger partial charge in [0.15, 0.2) is 0 Å². The number of hydrogen-bond donors (Lipinski definition) is 1. The van der Waals surface area contributed by atoms with Crippen LogP contribution in [0, 0.1) is 23.2 Å². The Morgan fingerprint density at radius 1 is 1.25 bits per heavy atom. The molecule has 4 aliphatic carbocycles. The van der Waals surface area contributed by atoms with Crippen molar-refractivity contribution < 1.29 is 36.1 Å². The van der Waals surface area contributed by atoms with Crippen LogP contribution in [-0.4, -0.2) is 36.6 Å². The summed E-state index contributed by atoms with van der Waals surface area (Å²) in [5.41, 5.74) is 0.0163. The molecular formula is C15H20F2O6S. The second-order valence-corrected chi connectivity index (χ2v) is 8.94. The van der Waals surface area contributed by atoms with Gasteiger partial charge in [0.2, 0.25) is 0 Å². The third kappa shape index (κ3) is 2.96. The van der Waals surface area contributed by atoms with E-state index in [9.17, 15) is 26.8 Å². The van der Waals surface area contributed by atoms with Gasteiger partial charge in [-0.25, -0.2) is 4.79 Å². The summed E-state index contributed by atoms with van der Waals surface area (Å²) in [6, 6.07) is 0. The molecule has 4 saturated carbocycles. The highest BCUT2D eigenvalue weighted by atomic mass is 32.2. The SMILES string of the molecule is O=C1C2CC3CC1CC(CCCOC(=O)C(F)(F)S(=O)(=O)O)(C3)C2. The van der Waals surface area contributed by atoms with E-state index < -0.39 is 21.3 Å². The molecule has 0 spiro atoms. The predicted octanol–water partition coefficient (Wildman–Crippen LogP) is 2.19. The molecule has 0 aromatic rings. The number of hydrogen-bond acceptors (Lipinski definition) is 5. The molecule has 0 aliphatic heterocycles. The minimum atomic E-state index is -5.83. The molecule has 9 heteroatoms. The van der Waals surface area contributed by atoms with Gasteiger partial charge in [-0.05, 0) is 56.3 Å². The van der Waals surface area contributed by atoms with Crippen molar-refractivity contribution >= 4 is 21.9 Å². The van der Waals surface area contributed by atoms with Crippen LogP contribution in [0.5, 0.6) is 0 Å². The van der Waals surface area contributed by atoms with Crippen molar-refractivity contribution in [2.75, 3.05) is 6.61 Å². The van der Waals surface area contributed by atoms with E-state index in [-0.39, 0.29) is 23.9 Å². The highest BCUT2D eigenvalue weighted by Crippen LogP contribution is 2.60. The van der Waals surface area contributed by atoms with Crippen LogP contribution in [0.3, 0.4) is 0 Å². The smallest absolute Gasteiger partial charge is 0.460 e. The molecule has 1 N–H and O–H groups in total. The molecule has 0 heterocycles. The molecule has 24 heavy (non-hydrogen) atoms. The zero-order valence-electron chi connectivity index (χ0n) is 13.0. The fourth-order valence-corrected chi connectivity index (χ4v) is 5.29. The summed E-state index contributed by atoms with van der Waals surface area (Å²) in [5.74, 6) is -1.12. The van der Waals surface area contributed by atoms with E-state index in [0.717, 1.165) is 32.1 Å². The van der Waals surface area contributed by atoms with Crippen LogP contribution < -0.4 is 0 Å². The van der Waals surface area contributed by atoms with Crippen molar-refractivity contribution in [2.45, 2.75) is 50.2 Å². The minimum absolute atomic E-state index is 0.0163. The fraction of sp³-hybridized carbons (Fsp3) is 0.867. The Labute approximate surface area is 138 Å². The Hall–Kier alpha value is -1.09. The topological polar surface area (TPSA) is 97.7 Å². The number of carbonyl (C=O) groups is 2. The van der Waals surface area contributed by atoms with Gasteiger partial charge in [-0.1, -0.05) is 0 Å². The van der Waals surface area contributed by atoms with Gasteiger partial charge in [-0.3, -0.25) is 9.35 Å². The number of ketones is 1. The quantitative estimate of drug-likeness (QED) is 0.440. The first kappa shape index (κ1) is 17.7. The molecule has 0 aromatic heterocycles. The molecule has 4 rings (SSSR count). The van der Waals surface area contributed by atoms with Gasteiger partial charge in [0.25, 0.3) is 0 Å². The van der Waals surface area contributed by atoms with Crippen LogP contribution in [0.25, 0.3) is 0 Å². The zero-order valence-corrected chi connectivity index (χ0v) is 13.9. The predicted molar refractivity (Wildman–Crippen MR) is 77.7 cm³/mol. The average molecular weight is 366 g/mol. The Bertz CT molecular complexity index is 641. The van der Waals surface area contributed by atoms with E-state index in [0.29, 0.717) is 24.5 Å². The summed E-state index contributed by atoms with van der Waals surface area (Å²) in [4.78, 5) is 23.2. The van der Waals surface area contributed by atoms with Gasteiger partial charge in [0.1, 0.15) is 5.78 Å². The van der Waals surface area contributed by atoms with Gasteiger partial charge in [0.05, 0.1) is 6.61 Å². The number of esters is 1. The molecule has 0 amide bonds. The maximum absolute atomic E-state index is 13.1. The van der Waals surface area contributed by atoms with Crippen LogP contribution in [0.2, 0.25) is 0 Å². The lowest BCUT2D eigenvalue weighted by molar-refractivity contribution is -0.162. The van der Waals surface area contributed by atoms with Gasteiger partial charge >= 0.3 is 21.3 Å². The Balaban J connectivity index is 1.51. The molecule has 0 aromatic carbocycles. The fourth-order valence-electron chi connectivity index (χ4n) is 5.02. The second kappa shape index (κ2) is 5.72. The van der Waals surface area contributed by atoms with E-state index in [1.807, 2.05) is 0 Å². The number of carbonyl (C=O) groups excluding carboxylic acids is 2. The van der Waals surface area contributed by atoms with Crippen LogP contribution in [-0.2, 0) is 24.4 Å². The van der Waals surface area contributed by atoms with Crippen molar-refractivity contribution in [3.8, 4) is 0 Å². The average Bonchev–Trinajstić information content (AvgIpc) is 2.46. The first-order valence-corrected chi connectivity index (χ1v) is 9.54. The van der Waals surface area contributed by atoms with Crippen LogP contribution in [0.1, 0.15) is 44.9 Å². The van der Waals surface area contributed by atoms with E-state index in [1.165, 1.54) is 0 Å². The molecule has 4 aliphatic rings. The molecule has 136 valence electrons. The number of ether oxygens (including phenoxy) is 1. The highest BCUT2D eigenvalue weighted by molar-refractivity contribution is 7.87. The second-order valence-electron chi connectivity index (χ2n) is 7.48. The van der Waals surface area contributed by atoms with Crippen LogP contribution >= 0.6 is 0 Å². The number of rotatable bonds is 6. The van der Waals surface area contributed by atoms with Crippen molar-refractivity contribution in [3.05, 3.63) is 0 Å². The molecule has 2 unspecified atom stereocenters. The van der Waals surface area contributed by atoms with E-state index >= 15 is 0 Å². The van der Waals surface area contributed by atoms with E-state index in [1.54, 1.807) is 0 Å². The Morgan fingerprint density at radius 2 is 1.83 bits per heavy atom. The normalized spacial score (nSPS) is 35.3. The van der Waals surface area contributed by atoms with Crippen LogP contribution in [0.15, 0.2) is 0 Å². The third-order valence-electron chi connectivity index (χ3n) is 5.77. The molecule has 2 atom stereocenters. The lowest BCUT2D eigenvalue weighted by Gasteiger charge is -2.56. The third-order valence-corrected chi connectivity index (χ3v) is 6.58. The summed E-state index contributed by atoms with van der Waals surface area (Å²) >= 11 is 0. The monoisotopic (exact) mass is 366 g/mol. The summed E-state index contributed by atoms with van der Waals surface area (Å²) in [5, 5.41) is -4.94. The first-order chi connectivity index (χ1) is 11.0. The van der Waals surface area contributed by atoms with Gasteiger partial charge in [-0.2, -0.15) is 17.2 Å². The maximum atomic E-state index is 13.1. The molecule has 0 saturated heterocycles. The van der Waals surface area contributed by atoms with Gasteiger partial charge < -0.3 is 4.74 Å². The summed E-state index contributed by atoms with van der Waals surface area (Å²) in [6.07, 6.45) is 5.53. The molecule has 4 fully saturated rings. The van der Waals surface area contributed by atoms with Gasteiger partial charge in [0, 0.05) is 11.8 Å².